The summed E-state index contributed by atoms with van der Waals surface area (Å²) in [5.74, 6) is 1.45. The fraction of sp³-hybridized carbons (Fsp3) is 0.571. The largest absolute Gasteiger partial charge is 0.492 e. The predicted molar refractivity (Wildman–Crippen MR) is 68.2 cm³/mol. The van der Waals surface area contributed by atoms with Gasteiger partial charge < -0.3 is 14.7 Å². The Kier molecular flexibility index (Phi) is 4.40. The van der Waals surface area contributed by atoms with Crippen molar-refractivity contribution >= 4 is 0 Å². The Bertz CT molecular complexity index is 324. The molecule has 1 unspecified atom stereocenters. The summed E-state index contributed by atoms with van der Waals surface area (Å²) < 4.78 is 5.61. The number of nitrogens with zero attached hydrogens (tertiary/aromatic N) is 1. The van der Waals surface area contributed by atoms with Crippen LogP contribution < -0.4 is 4.74 Å². The Morgan fingerprint density at radius 1 is 1.35 bits per heavy atom. The summed E-state index contributed by atoms with van der Waals surface area (Å²) in [7, 11) is 2.03. The minimum absolute atomic E-state index is 0.156. The first-order chi connectivity index (χ1) is 8.25. The quantitative estimate of drug-likeness (QED) is 0.782. The molecule has 0 bridgehead atoms. The zero-order valence-electron chi connectivity index (χ0n) is 10.4. The van der Waals surface area contributed by atoms with E-state index >= 15 is 0 Å². The highest BCUT2D eigenvalue weighted by Crippen LogP contribution is 2.32. The summed E-state index contributed by atoms with van der Waals surface area (Å²) in [6, 6.07) is 9.83. The maximum Gasteiger partial charge on any atom is 0.119 e. The van der Waals surface area contributed by atoms with Gasteiger partial charge in [0.2, 0.25) is 0 Å². The molecule has 3 heteroatoms. The molecule has 0 saturated heterocycles. The standard InChI is InChI=1S/C14H21NO2/c1-15(11-14(16)12-7-8-12)9-10-17-13-5-3-2-4-6-13/h2-6,12,14,16H,7-11H2,1H3. The first-order valence-corrected chi connectivity index (χ1v) is 6.30. The highest BCUT2D eigenvalue weighted by molar-refractivity contribution is 5.20. The van der Waals surface area contributed by atoms with Gasteiger partial charge in [0.05, 0.1) is 6.10 Å². The number of aliphatic hydroxyl groups excluding tert-OH is 1. The van der Waals surface area contributed by atoms with Crippen LogP contribution in [0.2, 0.25) is 0 Å². The van der Waals surface area contributed by atoms with Crippen molar-refractivity contribution < 1.29 is 9.84 Å². The van der Waals surface area contributed by atoms with Gasteiger partial charge in [-0.3, -0.25) is 0 Å². The fourth-order valence-corrected chi connectivity index (χ4v) is 1.88. The molecule has 0 spiro atoms. The van der Waals surface area contributed by atoms with Crippen molar-refractivity contribution in [1.82, 2.24) is 4.90 Å². The average molecular weight is 235 g/mol. The van der Waals surface area contributed by atoms with Gasteiger partial charge in [-0.25, -0.2) is 0 Å². The summed E-state index contributed by atoms with van der Waals surface area (Å²) >= 11 is 0. The lowest BCUT2D eigenvalue weighted by atomic mass is 10.2. The third-order valence-corrected chi connectivity index (χ3v) is 3.15. The van der Waals surface area contributed by atoms with Crippen molar-refractivity contribution in [2.75, 3.05) is 26.7 Å². The predicted octanol–water partition coefficient (Wildman–Crippen LogP) is 1.77. The van der Waals surface area contributed by atoms with Crippen molar-refractivity contribution in [3.05, 3.63) is 30.3 Å². The maximum atomic E-state index is 9.79. The first kappa shape index (κ1) is 12.4. The Morgan fingerprint density at radius 3 is 2.71 bits per heavy atom. The Morgan fingerprint density at radius 2 is 2.06 bits per heavy atom. The van der Waals surface area contributed by atoms with Crippen molar-refractivity contribution in [1.29, 1.82) is 0 Å². The number of aliphatic hydroxyl groups is 1. The summed E-state index contributed by atoms with van der Waals surface area (Å²) in [5.41, 5.74) is 0. The molecule has 3 nitrogen and oxygen atoms in total. The van der Waals surface area contributed by atoms with E-state index < -0.39 is 0 Å². The number of para-hydroxylation sites is 1. The molecular weight excluding hydrogens is 214 g/mol. The highest BCUT2D eigenvalue weighted by Gasteiger charge is 2.30. The number of rotatable bonds is 7. The Hall–Kier alpha value is -1.06. The minimum atomic E-state index is -0.156. The molecule has 0 radical (unpaired) electrons. The molecule has 17 heavy (non-hydrogen) atoms. The van der Waals surface area contributed by atoms with E-state index in [1.807, 2.05) is 37.4 Å². The zero-order valence-corrected chi connectivity index (χ0v) is 10.4. The van der Waals surface area contributed by atoms with Gasteiger partial charge in [-0.1, -0.05) is 18.2 Å². The number of benzene rings is 1. The van der Waals surface area contributed by atoms with E-state index in [0.717, 1.165) is 18.8 Å². The number of hydrogen-bond donors (Lipinski definition) is 1. The molecule has 0 aromatic heterocycles. The molecule has 1 aliphatic rings. The molecule has 1 saturated carbocycles. The number of hydrogen-bond acceptors (Lipinski definition) is 3. The van der Waals surface area contributed by atoms with Crippen molar-refractivity contribution in [2.24, 2.45) is 5.92 Å². The fourth-order valence-electron chi connectivity index (χ4n) is 1.88. The van der Waals surface area contributed by atoms with Gasteiger partial charge in [0.25, 0.3) is 0 Å². The lowest BCUT2D eigenvalue weighted by Crippen LogP contribution is -2.33. The lowest BCUT2D eigenvalue weighted by Gasteiger charge is -2.20. The van der Waals surface area contributed by atoms with Gasteiger partial charge in [-0.05, 0) is 37.9 Å². The van der Waals surface area contributed by atoms with Crippen LogP contribution in [-0.2, 0) is 0 Å². The molecule has 1 aliphatic carbocycles. The second kappa shape index (κ2) is 6.03. The van der Waals surface area contributed by atoms with Crippen LogP contribution in [-0.4, -0.2) is 42.9 Å². The zero-order chi connectivity index (χ0) is 12.1. The van der Waals surface area contributed by atoms with Crippen LogP contribution in [0.1, 0.15) is 12.8 Å². The normalized spacial score (nSPS) is 17.1. The van der Waals surface area contributed by atoms with Crippen LogP contribution in [0.5, 0.6) is 5.75 Å². The van der Waals surface area contributed by atoms with Gasteiger partial charge in [-0.2, -0.15) is 0 Å². The van der Waals surface area contributed by atoms with Gasteiger partial charge >= 0.3 is 0 Å². The van der Waals surface area contributed by atoms with E-state index in [1.54, 1.807) is 0 Å². The van der Waals surface area contributed by atoms with E-state index in [2.05, 4.69) is 4.90 Å². The van der Waals surface area contributed by atoms with Crippen LogP contribution in [0.15, 0.2) is 30.3 Å². The molecule has 1 atom stereocenters. The van der Waals surface area contributed by atoms with E-state index in [4.69, 9.17) is 4.74 Å². The smallest absolute Gasteiger partial charge is 0.119 e. The van der Waals surface area contributed by atoms with Crippen LogP contribution in [0.25, 0.3) is 0 Å². The van der Waals surface area contributed by atoms with E-state index in [1.165, 1.54) is 12.8 Å². The van der Waals surface area contributed by atoms with Crippen molar-refractivity contribution in [3.8, 4) is 5.75 Å². The monoisotopic (exact) mass is 235 g/mol. The van der Waals surface area contributed by atoms with Crippen molar-refractivity contribution in [2.45, 2.75) is 18.9 Å². The summed E-state index contributed by atoms with van der Waals surface area (Å²) in [6.07, 6.45) is 2.22. The van der Waals surface area contributed by atoms with Gasteiger partial charge in [0, 0.05) is 13.1 Å². The molecule has 0 aliphatic heterocycles. The van der Waals surface area contributed by atoms with E-state index in [9.17, 15) is 5.11 Å². The van der Waals surface area contributed by atoms with Crippen LogP contribution in [0, 0.1) is 5.92 Å². The Labute approximate surface area is 103 Å². The molecule has 1 fully saturated rings. The molecule has 0 heterocycles. The van der Waals surface area contributed by atoms with Gasteiger partial charge in [0.15, 0.2) is 0 Å². The third kappa shape index (κ3) is 4.36. The SMILES string of the molecule is CN(CCOc1ccccc1)CC(O)C1CC1. The Balaban J connectivity index is 1.61. The van der Waals surface area contributed by atoms with E-state index in [-0.39, 0.29) is 6.10 Å². The second-order valence-corrected chi connectivity index (χ2v) is 4.83. The number of ether oxygens (including phenoxy) is 1. The third-order valence-electron chi connectivity index (χ3n) is 3.15. The molecule has 1 aromatic rings. The van der Waals surface area contributed by atoms with E-state index in [0.29, 0.717) is 12.5 Å². The first-order valence-electron chi connectivity index (χ1n) is 6.30. The lowest BCUT2D eigenvalue weighted by molar-refractivity contribution is 0.0998. The second-order valence-electron chi connectivity index (χ2n) is 4.83. The molecular formula is C14H21NO2. The molecule has 2 rings (SSSR count). The van der Waals surface area contributed by atoms with Gasteiger partial charge in [0.1, 0.15) is 12.4 Å². The summed E-state index contributed by atoms with van der Waals surface area (Å²) in [4.78, 5) is 2.13. The maximum absolute atomic E-state index is 9.79. The summed E-state index contributed by atoms with van der Waals surface area (Å²) in [5, 5.41) is 9.79. The van der Waals surface area contributed by atoms with Gasteiger partial charge in [-0.15, -0.1) is 0 Å². The minimum Gasteiger partial charge on any atom is -0.492 e. The highest BCUT2D eigenvalue weighted by atomic mass is 16.5. The van der Waals surface area contributed by atoms with Crippen LogP contribution in [0.3, 0.4) is 0 Å². The summed E-state index contributed by atoms with van der Waals surface area (Å²) in [6.45, 7) is 2.26. The van der Waals surface area contributed by atoms with Crippen LogP contribution in [0.4, 0.5) is 0 Å². The number of likely N-dealkylation sites (N-methyl/N-ethyl adjacent to an activating group) is 1. The molecule has 1 aromatic carbocycles. The topological polar surface area (TPSA) is 32.7 Å². The average Bonchev–Trinajstić information content (AvgIpc) is 3.14. The molecule has 1 N–H and O–H groups in total. The van der Waals surface area contributed by atoms with Crippen LogP contribution >= 0.6 is 0 Å². The van der Waals surface area contributed by atoms with Crippen molar-refractivity contribution in [3.63, 3.8) is 0 Å². The molecule has 94 valence electrons. The molecule has 0 amide bonds.